The van der Waals surface area contributed by atoms with Crippen molar-refractivity contribution in [3.8, 4) is 0 Å². The monoisotopic (exact) mass is 331 g/mol. The highest BCUT2D eigenvalue weighted by atomic mass is 79.9. The first-order valence-corrected chi connectivity index (χ1v) is 7.47. The van der Waals surface area contributed by atoms with Gasteiger partial charge in [0, 0.05) is 22.3 Å². The minimum atomic E-state index is 0.0422. The van der Waals surface area contributed by atoms with E-state index in [9.17, 15) is 4.79 Å². The van der Waals surface area contributed by atoms with Gasteiger partial charge < -0.3 is 4.90 Å². The summed E-state index contributed by atoms with van der Waals surface area (Å²) >= 11 is 3.44. The number of benzene rings is 2. The SMILES string of the molecule is CCN(C(=O)c1cc(Br)ccc1C)c1ccccc1C. The van der Waals surface area contributed by atoms with Crippen molar-refractivity contribution < 1.29 is 4.79 Å². The summed E-state index contributed by atoms with van der Waals surface area (Å²) in [4.78, 5) is 14.6. The van der Waals surface area contributed by atoms with Crippen LogP contribution in [0.3, 0.4) is 0 Å². The molecule has 0 aliphatic rings. The van der Waals surface area contributed by atoms with Crippen LogP contribution >= 0.6 is 15.9 Å². The molecule has 0 atom stereocenters. The summed E-state index contributed by atoms with van der Waals surface area (Å²) in [7, 11) is 0. The number of aryl methyl sites for hydroxylation is 2. The molecule has 0 bridgehead atoms. The van der Waals surface area contributed by atoms with E-state index in [0.29, 0.717) is 6.54 Å². The second-order valence-corrected chi connectivity index (χ2v) is 5.71. The standard InChI is InChI=1S/C17H18BrNO/c1-4-19(16-8-6-5-7-13(16)3)17(20)15-11-14(18)10-9-12(15)2/h5-11H,4H2,1-3H3. The van der Waals surface area contributed by atoms with Gasteiger partial charge in [0.25, 0.3) is 5.91 Å². The number of rotatable bonds is 3. The molecule has 0 aliphatic carbocycles. The molecule has 0 saturated carbocycles. The smallest absolute Gasteiger partial charge is 0.258 e. The molecule has 2 aromatic carbocycles. The van der Waals surface area contributed by atoms with Crippen LogP contribution in [0.2, 0.25) is 0 Å². The summed E-state index contributed by atoms with van der Waals surface area (Å²) in [6.07, 6.45) is 0. The van der Waals surface area contributed by atoms with Gasteiger partial charge in [-0.15, -0.1) is 0 Å². The number of para-hydroxylation sites is 1. The summed E-state index contributed by atoms with van der Waals surface area (Å²) in [5.74, 6) is 0.0422. The van der Waals surface area contributed by atoms with Gasteiger partial charge >= 0.3 is 0 Å². The maximum Gasteiger partial charge on any atom is 0.258 e. The van der Waals surface area contributed by atoms with Crippen molar-refractivity contribution >= 4 is 27.5 Å². The van der Waals surface area contributed by atoms with Gasteiger partial charge in [-0.1, -0.05) is 40.2 Å². The quantitative estimate of drug-likeness (QED) is 0.795. The van der Waals surface area contributed by atoms with Crippen LogP contribution in [0, 0.1) is 13.8 Å². The molecule has 0 aromatic heterocycles. The zero-order valence-electron chi connectivity index (χ0n) is 12.0. The van der Waals surface area contributed by atoms with Crippen LogP contribution in [0.25, 0.3) is 0 Å². The molecule has 0 heterocycles. The van der Waals surface area contributed by atoms with Crippen molar-refractivity contribution in [2.75, 3.05) is 11.4 Å². The van der Waals surface area contributed by atoms with Crippen molar-refractivity contribution in [2.45, 2.75) is 20.8 Å². The lowest BCUT2D eigenvalue weighted by molar-refractivity contribution is 0.0987. The van der Waals surface area contributed by atoms with Crippen LogP contribution in [-0.2, 0) is 0 Å². The summed E-state index contributed by atoms with van der Waals surface area (Å²) in [6.45, 7) is 6.64. The van der Waals surface area contributed by atoms with Crippen LogP contribution in [0.4, 0.5) is 5.69 Å². The zero-order valence-corrected chi connectivity index (χ0v) is 13.6. The van der Waals surface area contributed by atoms with E-state index in [1.165, 1.54) is 0 Å². The molecule has 104 valence electrons. The molecule has 0 N–H and O–H groups in total. The van der Waals surface area contributed by atoms with Crippen molar-refractivity contribution in [1.29, 1.82) is 0 Å². The molecule has 2 aromatic rings. The highest BCUT2D eigenvalue weighted by Crippen LogP contribution is 2.24. The number of hydrogen-bond donors (Lipinski definition) is 0. The summed E-state index contributed by atoms with van der Waals surface area (Å²) in [6, 6.07) is 13.8. The molecule has 0 fully saturated rings. The fraction of sp³-hybridized carbons (Fsp3) is 0.235. The van der Waals surface area contributed by atoms with Gasteiger partial charge in [0.2, 0.25) is 0 Å². The van der Waals surface area contributed by atoms with Gasteiger partial charge in [0.05, 0.1) is 0 Å². The van der Waals surface area contributed by atoms with Crippen molar-refractivity contribution in [2.24, 2.45) is 0 Å². The van der Waals surface area contributed by atoms with Crippen LogP contribution in [0.15, 0.2) is 46.9 Å². The van der Waals surface area contributed by atoms with E-state index in [1.807, 2.05) is 68.1 Å². The number of carbonyl (C=O) groups excluding carboxylic acids is 1. The summed E-state index contributed by atoms with van der Waals surface area (Å²) < 4.78 is 0.923. The summed E-state index contributed by atoms with van der Waals surface area (Å²) in [5, 5.41) is 0. The third-order valence-corrected chi connectivity index (χ3v) is 3.89. The Bertz CT molecular complexity index is 637. The van der Waals surface area contributed by atoms with Crippen molar-refractivity contribution in [3.63, 3.8) is 0 Å². The van der Waals surface area contributed by atoms with E-state index in [4.69, 9.17) is 0 Å². The Balaban J connectivity index is 2.45. The molecular formula is C17H18BrNO. The van der Waals surface area contributed by atoms with E-state index in [0.717, 1.165) is 26.9 Å². The van der Waals surface area contributed by atoms with Gasteiger partial charge in [-0.3, -0.25) is 4.79 Å². The number of halogens is 1. The lowest BCUT2D eigenvalue weighted by Gasteiger charge is -2.24. The fourth-order valence-electron chi connectivity index (χ4n) is 2.26. The van der Waals surface area contributed by atoms with Gasteiger partial charge in [-0.25, -0.2) is 0 Å². The largest absolute Gasteiger partial charge is 0.308 e. The second kappa shape index (κ2) is 6.23. The molecule has 0 radical (unpaired) electrons. The molecule has 1 amide bonds. The number of anilines is 1. The predicted octanol–water partition coefficient (Wildman–Crippen LogP) is 4.73. The Morgan fingerprint density at radius 3 is 2.45 bits per heavy atom. The fourth-order valence-corrected chi connectivity index (χ4v) is 2.62. The van der Waals surface area contributed by atoms with Crippen molar-refractivity contribution in [1.82, 2.24) is 0 Å². The lowest BCUT2D eigenvalue weighted by atomic mass is 10.1. The van der Waals surface area contributed by atoms with Gasteiger partial charge in [-0.2, -0.15) is 0 Å². The number of nitrogens with zero attached hydrogens (tertiary/aromatic N) is 1. The molecule has 2 nitrogen and oxygen atoms in total. The highest BCUT2D eigenvalue weighted by molar-refractivity contribution is 9.10. The number of carbonyl (C=O) groups is 1. The molecular weight excluding hydrogens is 314 g/mol. The average Bonchev–Trinajstić information content (AvgIpc) is 2.44. The number of amides is 1. The van der Waals surface area contributed by atoms with Crippen LogP contribution in [0.1, 0.15) is 28.4 Å². The Morgan fingerprint density at radius 1 is 1.10 bits per heavy atom. The third kappa shape index (κ3) is 2.93. The first kappa shape index (κ1) is 14.8. The Labute approximate surface area is 128 Å². The zero-order chi connectivity index (χ0) is 14.7. The van der Waals surface area contributed by atoms with Gasteiger partial charge in [-0.05, 0) is 50.1 Å². The molecule has 0 unspecified atom stereocenters. The lowest BCUT2D eigenvalue weighted by Crippen LogP contribution is -2.31. The highest BCUT2D eigenvalue weighted by Gasteiger charge is 2.19. The first-order chi connectivity index (χ1) is 9.54. The maximum atomic E-state index is 12.8. The Kier molecular flexibility index (Phi) is 4.61. The van der Waals surface area contributed by atoms with E-state index in [2.05, 4.69) is 15.9 Å². The predicted molar refractivity (Wildman–Crippen MR) is 87.4 cm³/mol. The normalized spacial score (nSPS) is 10.4. The first-order valence-electron chi connectivity index (χ1n) is 6.68. The molecule has 0 saturated heterocycles. The molecule has 3 heteroatoms. The molecule has 20 heavy (non-hydrogen) atoms. The molecule has 0 spiro atoms. The second-order valence-electron chi connectivity index (χ2n) is 4.80. The minimum Gasteiger partial charge on any atom is -0.308 e. The molecule has 0 aliphatic heterocycles. The Morgan fingerprint density at radius 2 is 1.80 bits per heavy atom. The minimum absolute atomic E-state index is 0.0422. The topological polar surface area (TPSA) is 20.3 Å². The average molecular weight is 332 g/mol. The van der Waals surface area contributed by atoms with Gasteiger partial charge in [0.15, 0.2) is 0 Å². The summed E-state index contributed by atoms with van der Waals surface area (Å²) in [5.41, 5.74) is 3.81. The van der Waals surface area contributed by atoms with Crippen molar-refractivity contribution in [3.05, 3.63) is 63.6 Å². The maximum absolute atomic E-state index is 12.8. The van der Waals surface area contributed by atoms with Crippen LogP contribution < -0.4 is 4.90 Å². The molecule has 2 rings (SSSR count). The van der Waals surface area contributed by atoms with Crippen LogP contribution in [-0.4, -0.2) is 12.5 Å². The van der Waals surface area contributed by atoms with Crippen LogP contribution in [0.5, 0.6) is 0 Å². The van der Waals surface area contributed by atoms with E-state index >= 15 is 0 Å². The third-order valence-electron chi connectivity index (χ3n) is 3.40. The van der Waals surface area contributed by atoms with E-state index in [-0.39, 0.29) is 5.91 Å². The van der Waals surface area contributed by atoms with E-state index in [1.54, 1.807) is 0 Å². The number of hydrogen-bond acceptors (Lipinski definition) is 1. The van der Waals surface area contributed by atoms with Gasteiger partial charge in [0.1, 0.15) is 0 Å². The van der Waals surface area contributed by atoms with E-state index < -0.39 is 0 Å². The Hall–Kier alpha value is -1.61.